The van der Waals surface area contributed by atoms with Crippen LogP contribution in [-0.4, -0.2) is 34.1 Å². The zero-order valence-electron chi connectivity index (χ0n) is 9.59. The first kappa shape index (κ1) is 10.5. The van der Waals surface area contributed by atoms with Gasteiger partial charge >= 0.3 is 5.97 Å². The van der Waals surface area contributed by atoms with Crippen molar-refractivity contribution in [2.24, 2.45) is 0 Å². The Morgan fingerprint density at radius 3 is 2.59 bits per heavy atom. The molecule has 1 aromatic rings. The Bertz CT molecular complexity index is 451. The number of rotatable bonds is 3. The van der Waals surface area contributed by atoms with Crippen molar-refractivity contribution >= 4 is 11.9 Å². The van der Waals surface area contributed by atoms with Crippen LogP contribution < -0.4 is 4.90 Å². The third-order valence-electron chi connectivity index (χ3n) is 3.34. The minimum Gasteiger partial charge on any atom is -0.477 e. The van der Waals surface area contributed by atoms with Gasteiger partial charge in [-0.1, -0.05) is 0 Å². The fraction of sp³-hybridized carbons (Fsp3) is 0.583. The summed E-state index contributed by atoms with van der Waals surface area (Å²) < 4.78 is 0. The van der Waals surface area contributed by atoms with Crippen molar-refractivity contribution in [1.82, 2.24) is 9.97 Å². The second-order valence-electron chi connectivity index (χ2n) is 4.75. The van der Waals surface area contributed by atoms with Crippen molar-refractivity contribution in [2.45, 2.75) is 31.6 Å². The summed E-state index contributed by atoms with van der Waals surface area (Å²) in [5.41, 5.74) is 1.03. The molecule has 1 saturated carbocycles. The molecule has 1 N–H and O–H groups in total. The van der Waals surface area contributed by atoms with Crippen LogP contribution in [0.15, 0.2) is 6.07 Å². The van der Waals surface area contributed by atoms with E-state index in [-0.39, 0.29) is 5.69 Å². The molecule has 0 aromatic carbocycles. The molecule has 0 spiro atoms. The highest BCUT2D eigenvalue weighted by Gasteiger charge is 2.28. The largest absolute Gasteiger partial charge is 0.477 e. The van der Waals surface area contributed by atoms with E-state index < -0.39 is 5.97 Å². The van der Waals surface area contributed by atoms with E-state index in [9.17, 15) is 4.79 Å². The standard InChI is InChI=1S/C12H15N3O2/c16-11(17)10-7-9(8-3-4-8)13-12(14-10)15-5-1-2-6-15/h7-8H,1-6H2,(H,16,17). The maximum Gasteiger partial charge on any atom is 0.354 e. The van der Waals surface area contributed by atoms with Gasteiger partial charge in [-0.25, -0.2) is 14.8 Å². The molecule has 2 heterocycles. The molecular weight excluding hydrogens is 218 g/mol. The Balaban J connectivity index is 1.97. The van der Waals surface area contributed by atoms with Crippen LogP contribution in [0.1, 0.15) is 47.8 Å². The molecule has 1 aliphatic heterocycles. The Labute approximate surface area is 99.5 Å². The maximum absolute atomic E-state index is 11.1. The summed E-state index contributed by atoms with van der Waals surface area (Å²) in [6.45, 7) is 1.88. The average Bonchev–Trinajstić information content (AvgIpc) is 3.04. The summed E-state index contributed by atoms with van der Waals surface area (Å²) in [6.07, 6.45) is 4.52. The Hall–Kier alpha value is -1.65. The predicted octanol–water partition coefficient (Wildman–Crippen LogP) is 1.65. The van der Waals surface area contributed by atoms with E-state index in [1.165, 1.54) is 0 Å². The zero-order valence-corrected chi connectivity index (χ0v) is 9.59. The highest BCUT2D eigenvalue weighted by atomic mass is 16.4. The van der Waals surface area contributed by atoms with Gasteiger partial charge in [0.15, 0.2) is 5.69 Å². The number of aromatic carboxylic acids is 1. The molecule has 5 heteroatoms. The van der Waals surface area contributed by atoms with Crippen LogP contribution in [0.5, 0.6) is 0 Å². The van der Waals surface area contributed by atoms with Crippen molar-refractivity contribution in [2.75, 3.05) is 18.0 Å². The molecule has 0 unspecified atom stereocenters. The lowest BCUT2D eigenvalue weighted by molar-refractivity contribution is 0.0690. The molecular formula is C12H15N3O2. The smallest absolute Gasteiger partial charge is 0.354 e. The predicted molar refractivity (Wildman–Crippen MR) is 62.4 cm³/mol. The van der Waals surface area contributed by atoms with Gasteiger partial charge < -0.3 is 10.0 Å². The van der Waals surface area contributed by atoms with Crippen LogP contribution in [0.2, 0.25) is 0 Å². The number of aromatic nitrogens is 2. The van der Waals surface area contributed by atoms with Gasteiger partial charge in [0, 0.05) is 24.7 Å². The van der Waals surface area contributed by atoms with Crippen LogP contribution in [0.3, 0.4) is 0 Å². The fourth-order valence-electron chi connectivity index (χ4n) is 2.21. The van der Waals surface area contributed by atoms with E-state index >= 15 is 0 Å². The first-order chi connectivity index (χ1) is 8.24. The Morgan fingerprint density at radius 1 is 1.29 bits per heavy atom. The van der Waals surface area contributed by atoms with E-state index in [4.69, 9.17) is 5.11 Å². The van der Waals surface area contributed by atoms with E-state index in [1.54, 1.807) is 6.07 Å². The van der Waals surface area contributed by atoms with Crippen molar-refractivity contribution in [3.8, 4) is 0 Å². The summed E-state index contributed by atoms with van der Waals surface area (Å²) in [5.74, 6) is 0.0940. The highest BCUT2D eigenvalue weighted by Crippen LogP contribution is 2.39. The molecule has 0 radical (unpaired) electrons. The molecule has 17 heavy (non-hydrogen) atoms. The first-order valence-corrected chi connectivity index (χ1v) is 6.11. The number of carboxylic acid groups (broad SMARTS) is 1. The van der Waals surface area contributed by atoms with Gasteiger partial charge in [0.05, 0.1) is 0 Å². The first-order valence-electron chi connectivity index (χ1n) is 6.11. The van der Waals surface area contributed by atoms with Crippen molar-refractivity contribution < 1.29 is 9.90 Å². The molecule has 1 aromatic heterocycles. The minimum absolute atomic E-state index is 0.129. The van der Waals surface area contributed by atoms with Gasteiger partial charge in [0.1, 0.15) is 0 Å². The number of anilines is 1. The normalized spacial score (nSPS) is 19.6. The number of nitrogens with zero attached hydrogens (tertiary/aromatic N) is 3. The summed E-state index contributed by atoms with van der Waals surface area (Å²) in [4.78, 5) is 21.8. The monoisotopic (exact) mass is 233 g/mol. The van der Waals surface area contributed by atoms with Crippen LogP contribution >= 0.6 is 0 Å². The van der Waals surface area contributed by atoms with Crippen molar-refractivity contribution in [3.05, 3.63) is 17.5 Å². The van der Waals surface area contributed by atoms with Crippen LogP contribution in [0.25, 0.3) is 0 Å². The fourth-order valence-corrected chi connectivity index (χ4v) is 2.21. The summed E-state index contributed by atoms with van der Waals surface area (Å²) in [6, 6.07) is 1.62. The van der Waals surface area contributed by atoms with Gasteiger partial charge in [-0.15, -0.1) is 0 Å². The third-order valence-corrected chi connectivity index (χ3v) is 3.34. The quantitative estimate of drug-likeness (QED) is 0.859. The average molecular weight is 233 g/mol. The number of carboxylic acids is 1. The van der Waals surface area contributed by atoms with Gasteiger partial charge in [-0.2, -0.15) is 0 Å². The molecule has 3 rings (SSSR count). The van der Waals surface area contributed by atoms with E-state index in [1.807, 2.05) is 0 Å². The van der Waals surface area contributed by atoms with E-state index in [0.29, 0.717) is 11.9 Å². The van der Waals surface area contributed by atoms with E-state index in [0.717, 1.165) is 44.5 Å². The lowest BCUT2D eigenvalue weighted by atomic mass is 10.2. The Morgan fingerprint density at radius 2 is 2.00 bits per heavy atom. The molecule has 1 saturated heterocycles. The highest BCUT2D eigenvalue weighted by molar-refractivity contribution is 5.85. The van der Waals surface area contributed by atoms with Crippen molar-refractivity contribution in [3.63, 3.8) is 0 Å². The van der Waals surface area contributed by atoms with Gasteiger partial charge in [0.25, 0.3) is 0 Å². The lowest BCUT2D eigenvalue weighted by Crippen LogP contribution is -2.22. The number of hydrogen-bond donors (Lipinski definition) is 1. The van der Waals surface area contributed by atoms with Gasteiger partial charge in [-0.05, 0) is 31.7 Å². The third kappa shape index (κ3) is 2.09. The maximum atomic E-state index is 11.1. The molecule has 2 aliphatic rings. The number of carbonyl (C=O) groups is 1. The molecule has 5 nitrogen and oxygen atoms in total. The molecule has 90 valence electrons. The molecule has 0 amide bonds. The molecule has 1 aliphatic carbocycles. The topological polar surface area (TPSA) is 66.3 Å². The lowest BCUT2D eigenvalue weighted by Gasteiger charge is -2.16. The van der Waals surface area contributed by atoms with Crippen LogP contribution in [0, 0.1) is 0 Å². The SMILES string of the molecule is O=C(O)c1cc(C2CC2)nc(N2CCCC2)n1. The van der Waals surface area contributed by atoms with Crippen LogP contribution in [0.4, 0.5) is 5.95 Å². The van der Waals surface area contributed by atoms with Gasteiger partial charge in [0.2, 0.25) is 5.95 Å². The second-order valence-corrected chi connectivity index (χ2v) is 4.75. The summed E-state index contributed by atoms with van der Waals surface area (Å²) >= 11 is 0. The van der Waals surface area contributed by atoms with Crippen molar-refractivity contribution in [1.29, 1.82) is 0 Å². The summed E-state index contributed by atoms with van der Waals surface area (Å²) in [7, 11) is 0. The molecule has 0 bridgehead atoms. The van der Waals surface area contributed by atoms with Crippen LogP contribution in [-0.2, 0) is 0 Å². The molecule has 2 fully saturated rings. The minimum atomic E-state index is -0.963. The number of hydrogen-bond acceptors (Lipinski definition) is 4. The Kier molecular flexibility index (Phi) is 2.46. The molecule has 0 atom stereocenters. The summed E-state index contributed by atoms with van der Waals surface area (Å²) in [5, 5.41) is 9.07. The van der Waals surface area contributed by atoms with E-state index in [2.05, 4.69) is 14.9 Å². The van der Waals surface area contributed by atoms with Gasteiger partial charge in [-0.3, -0.25) is 0 Å². The second kappa shape index (κ2) is 3.98. The zero-order chi connectivity index (χ0) is 11.8.